The van der Waals surface area contributed by atoms with E-state index in [1.165, 1.54) is 6.21 Å². The quantitative estimate of drug-likeness (QED) is 0.422. The van der Waals surface area contributed by atoms with Gasteiger partial charge in [0.05, 0.1) is 6.61 Å². The third-order valence-electron chi connectivity index (χ3n) is 0.628. The summed E-state index contributed by atoms with van der Waals surface area (Å²) in [5.41, 5.74) is 7.16. The molecule has 0 aromatic rings. The number of ether oxygens (including phenoxy) is 1. The zero-order chi connectivity index (χ0) is 7.82. The molecule has 0 spiro atoms. The number of amides is 1. The van der Waals surface area contributed by atoms with E-state index in [4.69, 9.17) is 5.73 Å². The van der Waals surface area contributed by atoms with Crippen LogP contribution in [0.2, 0.25) is 0 Å². The van der Waals surface area contributed by atoms with E-state index in [-0.39, 0.29) is 0 Å². The second-order valence-corrected chi connectivity index (χ2v) is 1.38. The highest BCUT2D eigenvalue weighted by molar-refractivity contribution is 5.69. The lowest BCUT2D eigenvalue weighted by Gasteiger charge is -1.97. The maximum absolute atomic E-state index is 10.4. The third kappa shape index (κ3) is 5.04. The van der Waals surface area contributed by atoms with E-state index in [0.717, 1.165) is 0 Å². The molecule has 58 valence electrons. The second kappa shape index (κ2) is 6.03. The molecular weight excluding hydrogens is 134 g/mol. The van der Waals surface area contributed by atoms with Gasteiger partial charge < -0.3 is 10.5 Å². The highest BCUT2D eigenvalue weighted by atomic mass is 16.5. The van der Waals surface area contributed by atoms with Crippen LogP contribution in [0.25, 0.3) is 0 Å². The van der Waals surface area contributed by atoms with E-state index in [2.05, 4.69) is 15.3 Å². The fourth-order valence-corrected chi connectivity index (χ4v) is 0.314. The SMILES string of the molecule is CCOC(=O)N/N=C/CN. The highest BCUT2D eigenvalue weighted by Crippen LogP contribution is 1.73. The molecule has 10 heavy (non-hydrogen) atoms. The number of nitrogens with zero attached hydrogens (tertiary/aromatic N) is 1. The summed E-state index contributed by atoms with van der Waals surface area (Å²) in [6.07, 6.45) is 0.809. The predicted molar refractivity (Wildman–Crippen MR) is 37.7 cm³/mol. The van der Waals surface area contributed by atoms with Gasteiger partial charge >= 0.3 is 6.09 Å². The molecule has 0 unspecified atom stereocenters. The Kier molecular flexibility index (Phi) is 5.36. The molecule has 0 atom stereocenters. The predicted octanol–water partition coefficient (Wildman–Crippen LogP) is -0.323. The molecule has 0 aliphatic heterocycles. The Morgan fingerprint density at radius 1 is 1.90 bits per heavy atom. The summed E-state index contributed by atoms with van der Waals surface area (Å²) >= 11 is 0. The highest BCUT2D eigenvalue weighted by Gasteiger charge is 1.93. The first kappa shape index (κ1) is 8.90. The van der Waals surface area contributed by atoms with E-state index >= 15 is 0 Å². The number of hydrogen-bond donors (Lipinski definition) is 2. The van der Waals surface area contributed by atoms with Crippen LogP contribution in [0.3, 0.4) is 0 Å². The maximum Gasteiger partial charge on any atom is 0.427 e. The monoisotopic (exact) mass is 145 g/mol. The first-order valence-corrected chi connectivity index (χ1v) is 2.95. The van der Waals surface area contributed by atoms with Crippen LogP contribution in [-0.2, 0) is 4.74 Å². The molecule has 5 nitrogen and oxygen atoms in total. The number of rotatable bonds is 3. The molecule has 0 saturated heterocycles. The molecule has 5 heteroatoms. The fourth-order valence-electron chi connectivity index (χ4n) is 0.314. The van der Waals surface area contributed by atoms with E-state index < -0.39 is 6.09 Å². The minimum absolute atomic E-state index is 0.298. The lowest BCUT2D eigenvalue weighted by Crippen LogP contribution is -2.19. The molecule has 0 aromatic heterocycles. The Bertz CT molecular complexity index is 124. The average molecular weight is 145 g/mol. The van der Waals surface area contributed by atoms with Gasteiger partial charge in [-0.1, -0.05) is 0 Å². The molecule has 0 heterocycles. The van der Waals surface area contributed by atoms with Crippen molar-refractivity contribution >= 4 is 12.3 Å². The van der Waals surface area contributed by atoms with Gasteiger partial charge in [0.25, 0.3) is 0 Å². The van der Waals surface area contributed by atoms with Gasteiger partial charge in [0.2, 0.25) is 0 Å². The van der Waals surface area contributed by atoms with Crippen molar-refractivity contribution in [2.24, 2.45) is 10.8 Å². The van der Waals surface area contributed by atoms with Crippen molar-refractivity contribution in [3.8, 4) is 0 Å². The summed E-state index contributed by atoms with van der Waals surface area (Å²) in [7, 11) is 0. The lowest BCUT2D eigenvalue weighted by molar-refractivity contribution is 0.152. The first-order chi connectivity index (χ1) is 4.81. The van der Waals surface area contributed by atoms with Crippen LogP contribution in [0, 0.1) is 0 Å². The lowest BCUT2D eigenvalue weighted by atomic mass is 10.8. The molecule has 0 radical (unpaired) electrons. The minimum Gasteiger partial charge on any atom is -0.449 e. The largest absolute Gasteiger partial charge is 0.449 e. The van der Waals surface area contributed by atoms with Gasteiger partial charge in [0.1, 0.15) is 0 Å². The van der Waals surface area contributed by atoms with Gasteiger partial charge in [-0.25, -0.2) is 10.2 Å². The summed E-state index contributed by atoms with van der Waals surface area (Å²) in [4.78, 5) is 10.4. The van der Waals surface area contributed by atoms with Crippen molar-refractivity contribution in [1.82, 2.24) is 5.43 Å². The van der Waals surface area contributed by atoms with Crippen molar-refractivity contribution in [2.75, 3.05) is 13.2 Å². The Balaban J connectivity index is 3.30. The number of carbonyl (C=O) groups is 1. The average Bonchev–Trinajstić information content (AvgIpc) is 1.89. The van der Waals surface area contributed by atoms with Gasteiger partial charge in [-0.3, -0.25) is 0 Å². The number of hydrogen-bond acceptors (Lipinski definition) is 4. The van der Waals surface area contributed by atoms with E-state index in [0.29, 0.717) is 13.2 Å². The van der Waals surface area contributed by atoms with Gasteiger partial charge in [-0.05, 0) is 6.92 Å². The Labute approximate surface area is 59.2 Å². The molecule has 0 bridgehead atoms. The van der Waals surface area contributed by atoms with Crippen LogP contribution in [0.5, 0.6) is 0 Å². The normalized spacial score (nSPS) is 9.80. The van der Waals surface area contributed by atoms with E-state index in [9.17, 15) is 4.79 Å². The van der Waals surface area contributed by atoms with E-state index in [1.54, 1.807) is 6.92 Å². The smallest absolute Gasteiger partial charge is 0.427 e. The van der Waals surface area contributed by atoms with Crippen molar-refractivity contribution in [1.29, 1.82) is 0 Å². The van der Waals surface area contributed by atoms with Crippen LogP contribution in [-0.4, -0.2) is 25.5 Å². The number of hydrazone groups is 1. The molecule has 0 rings (SSSR count). The second-order valence-electron chi connectivity index (χ2n) is 1.38. The molecule has 3 N–H and O–H groups in total. The molecule has 0 saturated carbocycles. The van der Waals surface area contributed by atoms with Crippen molar-refractivity contribution in [2.45, 2.75) is 6.92 Å². The van der Waals surface area contributed by atoms with Crippen LogP contribution < -0.4 is 11.2 Å². The first-order valence-electron chi connectivity index (χ1n) is 2.95. The third-order valence-corrected chi connectivity index (χ3v) is 0.628. The summed E-state index contributed by atoms with van der Waals surface area (Å²) in [5, 5.41) is 3.43. The molecule has 0 aromatic carbocycles. The zero-order valence-corrected chi connectivity index (χ0v) is 5.83. The van der Waals surface area contributed by atoms with Crippen LogP contribution in [0.1, 0.15) is 6.92 Å². The van der Waals surface area contributed by atoms with Crippen molar-refractivity contribution < 1.29 is 9.53 Å². The Morgan fingerprint density at radius 3 is 3.10 bits per heavy atom. The Hall–Kier alpha value is -1.10. The molecular formula is C5H11N3O2. The van der Waals surface area contributed by atoms with Gasteiger partial charge in [-0.2, -0.15) is 5.10 Å². The molecule has 1 amide bonds. The van der Waals surface area contributed by atoms with E-state index in [1.807, 2.05) is 0 Å². The van der Waals surface area contributed by atoms with Crippen LogP contribution in [0.15, 0.2) is 5.10 Å². The van der Waals surface area contributed by atoms with Crippen LogP contribution in [0.4, 0.5) is 4.79 Å². The molecule has 0 aliphatic rings. The summed E-state index contributed by atoms with van der Waals surface area (Å²) < 4.78 is 4.48. The summed E-state index contributed by atoms with van der Waals surface area (Å²) in [6.45, 7) is 2.35. The fraction of sp³-hybridized carbons (Fsp3) is 0.600. The molecule has 0 fully saturated rings. The van der Waals surface area contributed by atoms with Gasteiger partial charge in [0.15, 0.2) is 0 Å². The van der Waals surface area contributed by atoms with Crippen LogP contribution >= 0.6 is 0 Å². The number of carbonyl (C=O) groups excluding carboxylic acids is 1. The van der Waals surface area contributed by atoms with Crippen molar-refractivity contribution in [3.63, 3.8) is 0 Å². The molecule has 0 aliphatic carbocycles. The number of nitrogens with one attached hydrogen (secondary N) is 1. The van der Waals surface area contributed by atoms with Gasteiger partial charge in [-0.15, -0.1) is 0 Å². The zero-order valence-electron chi connectivity index (χ0n) is 5.83. The summed E-state index contributed by atoms with van der Waals surface area (Å²) in [6, 6.07) is 0. The number of nitrogens with two attached hydrogens (primary N) is 1. The minimum atomic E-state index is -0.563. The summed E-state index contributed by atoms with van der Waals surface area (Å²) in [5.74, 6) is 0. The maximum atomic E-state index is 10.4. The topological polar surface area (TPSA) is 76.7 Å². The van der Waals surface area contributed by atoms with Crippen molar-refractivity contribution in [3.05, 3.63) is 0 Å². The standard InChI is InChI=1S/C5H11N3O2/c1-2-10-5(9)8-7-4-3-6/h4H,2-3,6H2,1H3,(H,8,9)/b7-4+. The Morgan fingerprint density at radius 2 is 2.60 bits per heavy atom. The van der Waals surface area contributed by atoms with Gasteiger partial charge in [0, 0.05) is 12.8 Å².